The van der Waals surface area contributed by atoms with E-state index in [-0.39, 0.29) is 11.7 Å². The van der Waals surface area contributed by atoms with Gasteiger partial charge in [-0.3, -0.25) is 10.2 Å². The lowest BCUT2D eigenvalue weighted by molar-refractivity contribution is -0.111. The van der Waals surface area contributed by atoms with Crippen LogP contribution in [0.2, 0.25) is 0 Å². The Kier molecular flexibility index (Phi) is 3.01. The molecule has 0 saturated carbocycles. The molecule has 0 fully saturated rings. The minimum atomic E-state index is -0.321. The van der Waals surface area contributed by atoms with E-state index < -0.39 is 0 Å². The smallest absolute Gasteiger partial charge is 0.247 e. The van der Waals surface area contributed by atoms with Gasteiger partial charge >= 0.3 is 0 Å². The third-order valence-corrected chi connectivity index (χ3v) is 1.66. The summed E-state index contributed by atoms with van der Waals surface area (Å²) in [6, 6.07) is 6.85. The Bertz CT molecular complexity index is 385. The highest BCUT2D eigenvalue weighted by molar-refractivity contribution is 6.06. The molecule has 0 atom stereocenters. The van der Waals surface area contributed by atoms with Crippen molar-refractivity contribution in [2.24, 2.45) is 5.73 Å². The highest BCUT2D eigenvalue weighted by Crippen LogP contribution is 2.13. The molecular weight excluding hydrogens is 178 g/mol. The third-order valence-electron chi connectivity index (χ3n) is 1.66. The summed E-state index contributed by atoms with van der Waals surface area (Å²) in [6.45, 7) is 3.33. The zero-order valence-corrected chi connectivity index (χ0v) is 7.58. The van der Waals surface area contributed by atoms with Crippen LogP contribution in [-0.2, 0) is 4.79 Å². The maximum Gasteiger partial charge on any atom is 0.247 e. The zero-order chi connectivity index (χ0) is 10.6. The number of para-hydroxylation sites is 1. The maximum absolute atomic E-state index is 11.0. The average Bonchev–Trinajstić information content (AvgIpc) is 2.18. The SMILES string of the molecule is C=CC(=O)Nc1ccccc1C(=N)N. The predicted molar refractivity (Wildman–Crippen MR) is 56.3 cm³/mol. The summed E-state index contributed by atoms with van der Waals surface area (Å²) in [5, 5.41) is 9.84. The zero-order valence-electron chi connectivity index (χ0n) is 7.58. The van der Waals surface area contributed by atoms with Crippen LogP contribution < -0.4 is 11.1 Å². The van der Waals surface area contributed by atoms with Gasteiger partial charge in [-0.15, -0.1) is 0 Å². The van der Waals surface area contributed by atoms with Crippen LogP contribution in [0, 0.1) is 5.41 Å². The van der Waals surface area contributed by atoms with Gasteiger partial charge in [0.15, 0.2) is 0 Å². The highest BCUT2D eigenvalue weighted by Gasteiger charge is 2.05. The number of hydrogen-bond acceptors (Lipinski definition) is 2. The van der Waals surface area contributed by atoms with E-state index in [1.165, 1.54) is 0 Å². The van der Waals surface area contributed by atoms with Gasteiger partial charge in [0.2, 0.25) is 5.91 Å². The second-order valence-electron chi connectivity index (χ2n) is 2.65. The first-order chi connectivity index (χ1) is 6.65. The van der Waals surface area contributed by atoms with Crippen molar-refractivity contribution in [2.75, 3.05) is 5.32 Å². The molecule has 4 N–H and O–H groups in total. The summed E-state index contributed by atoms with van der Waals surface area (Å²) in [4.78, 5) is 11.0. The molecule has 4 heteroatoms. The van der Waals surface area contributed by atoms with Crippen molar-refractivity contribution in [1.82, 2.24) is 0 Å². The second-order valence-corrected chi connectivity index (χ2v) is 2.65. The van der Waals surface area contributed by atoms with Crippen molar-refractivity contribution in [1.29, 1.82) is 5.41 Å². The fourth-order valence-corrected chi connectivity index (χ4v) is 1.01. The van der Waals surface area contributed by atoms with Gasteiger partial charge in [-0.1, -0.05) is 18.7 Å². The monoisotopic (exact) mass is 189 g/mol. The van der Waals surface area contributed by atoms with E-state index in [2.05, 4.69) is 11.9 Å². The minimum Gasteiger partial charge on any atom is -0.384 e. The van der Waals surface area contributed by atoms with E-state index in [0.29, 0.717) is 11.3 Å². The lowest BCUT2D eigenvalue weighted by atomic mass is 10.1. The fourth-order valence-electron chi connectivity index (χ4n) is 1.01. The van der Waals surface area contributed by atoms with E-state index in [1.54, 1.807) is 24.3 Å². The first kappa shape index (κ1) is 9.98. The molecule has 0 spiro atoms. The van der Waals surface area contributed by atoms with Crippen LogP contribution in [0.15, 0.2) is 36.9 Å². The Hall–Kier alpha value is -2.10. The molecule has 0 aliphatic carbocycles. The van der Waals surface area contributed by atoms with Crippen molar-refractivity contribution >= 4 is 17.4 Å². The molecule has 0 bridgehead atoms. The summed E-state index contributed by atoms with van der Waals surface area (Å²) in [6.07, 6.45) is 1.16. The van der Waals surface area contributed by atoms with Gasteiger partial charge in [0.1, 0.15) is 5.84 Å². The van der Waals surface area contributed by atoms with E-state index in [0.717, 1.165) is 6.08 Å². The Morgan fingerprint density at radius 3 is 2.71 bits per heavy atom. The Morgan fingerprint density at radius 2 is 2.14 bits per heavy atom. The van der Waals surface area contributed by atoms with Crippen LogP contribution in [-0.4, -0.2) is 11.7 Å². The Labute approximate surface area is 81.9 Å². The van der Waals surface area contributed by atoms with E-state index in [4.69, 9.17) is 11.1 Å². The van der Waals surface area contributed by atoms with Gasteiger partial charge in [0.05, 0.1) is 5.69 Å². The fraction of sp³-hybridized carbons (Fsp3) is 0. The Morgan fingerprint density at radius 1 is 1.50 bits per heavy atom. The number of carbonyl (C=O) groups excluding carboxylic acids is 1. The van der Waals surface area contributed by atoms with Crippen molar-refractivity contribution in [2.45, 2.75) is 0 Å². The van der Waals surface area contributed by atoms with E-state index in [9.17, 15) is 4.79 Å². The Balaban J connectivity index is 3.01. The second kappa shape index (κ2) is 4.23. The van der Waals surface area contributed by atoms with Gasteiger partial charge in [0.25, 0.3) is 0 Å². The topological polar surface area (TPSA) is 79.0 Å². The van der Waals surface area contributed by atoms with Gasteiger partial charge in [-0.2, -0.15) is 0 Å². The number of nitrogen functional groups attached to an aromatic ring is 1. The normalized spacial score (nSPS) is 9.14. The minimum absolute atomic E-state index is 0.0787. The molecule has 72 valence electrons. The highest BCUT2D eigenvalue weighted by atomic mass is 16.1. The van der Waals surface area contributed by atoms with Gasteiger partial charge in [0, 0.05) is 5.56 Å². The van der Waals surface area contributed by atoms with Crippen LogP contribution in [0.25, 0.3) is 0 Å². The van der Waals surface area contributed by atoms with Gasteiger partial charge < -0.3 is 11.1 Å². The number of rotatable bonds is 3. The predicted octanol–water partition coefficient (Wildman–Crippen LogP) is 1.10. The van der Waals surface area contributed by atoms with Crippen molar-refractivity contribution in [3.63, 3.8) is 0 Å². The van der Waals surface area contributed by atoms with Crippen molar-refractivity contribution in [3.05, 3.63) is 42.5 Å². The van der Waals surface area contributed by atoms with Gasteiger partial charge in [-0.25, -0.2) is 0 Å². The molecular formula is C10H11N3O. The molecule has 0 radical (unpaired) electrons. The van der Waals surface area contributed by atoms with Crippen LogP contribution in [0.3, 0.4) is 0 Å². The molecule has 0 aliphatic heterocycles. The number of benzene rings is 1. The first-order valence-electron chi connectivity index (χ1n) is 4.02. The van der Waals surface area contributed by atoms with Crippen molar-refractivity contribution < 1.29 is 4.79 Å². The van der Waals surface area contributed by atoms with E-state index in [1.807, 2.05) is 0 Å². The van der Waals surface area contributed by atoms with Crippen LogP contribution in [0.4, 0.5) is 5.69 Å². The molecule has 1 aromatic rings. The first-order valence-corrected chi connectivity index (χ1v) is 4.02. The molecule has 0 heterocycles. The molecule has 0 unspecified atom stereocenters. The van der Waals surface area contributed by atoms with Crippen LogP contribution in [0.1, 0.15) is 5.56 Å². The molecule has 0 saturated heterocycles. The number of amidine groups is 1. The molecule has 1 aromatic carbocycles. The average molecular weight is 189 g/mol. The molecule has 0 aliphatic rings. The lowest BCUT2D eigenvalue weighted by Gasteiger charge is -2.07. The van der Waals surface area contributed by atoms with E-state index >= 15 is 0 Å². The summed E-state index contributed by atoms with van der Waals surface area (Å²) in [5.74, 6) is -0.399. The molecule has 0 aromatic heterocycles. The standard InChI is InChI=1S/C10H11N3O/c1-2-9(14)13-8-6-4-3-5-7(8)10(11)12/h2-6H,1H2,(H3,11,12)(H,13,14). The molecule has 14 heavy (non-hydrogen) atoms. The van der Waals surface area contributed by atoms with Gasteiger partial charge in [-0.05, 0) is 18.2 Å². The summed E-state index contributed by atoms with van der Waals surface area (Å²) >= 11 is 0. The maximum atomic E-state index is 11.0. The molecule has 1 rings (SSSR count). The number of hydrogen-bond donors (Lipinski definition) is 3. The quantitative estimate of drug-likeness (QED) is 0.378. The molecule has 1 amide bonds. The number of nitrogens with one attached hydrogen (secondary N) is 2. The summed E-state index contributed by atoms with van der Waals surface area (Å²) < 4.78 is 0. The number of amides is 1. The largest absolute Gasteiger partial charge is 0.384 e. The summed E-state index contributed by atoms with van der Waals surface area (Å²) in [5.41, 5.74) is 6.36. The molecule has 4 nitrogen and oxygen atoms in total. The number of carbonyl (C=O) groups is 1. The van der Waals surface area contributed by atoms with Crippen molar-refractivity contribution in [3.8, 4) is 0 Å². The summed E-state index contributed by atoms with van der Waals surface area (Å²) in [7, 11) is 0. The van der Waals surface area contributed by atoms with Crippen LogP contribution in [0.5, 0.6) is 0 Å². The number of anilines is 1. The third kappa shape index (κ3) is 2.20. The number of nitrogens with two attached hydrogens (primary N) is 1. The van der Waals surface area contributed by atoms with Crippen LogP contribution >= 0.6 is 0 Å². The lowest BCUT2D eigenvalue weighted by Crippen LogP contribution is -2.16.